The predicted molar refractivity (Wildman–Crippen MR) is 92.5 cm³/mol. The molecule has 0 aliphatic carbocycles. The number of amides is 1. The molecule has 2 aromatic carbocycles. The van der Waals surface area contributed by atoms with E-state index in [-0.39, 0.29) is 0 Å². The Kier molecular flexibility index (Phi) is 5.58. The molecule has 0 bridgehead atoms. The van der Waals surface area contributed by atoms with E-state index in [1.165, 1.54) is 0 Å². The second-order valence-corrected chi connectivity index (χ2v) is 6.31. The zero-order valence-electron chi connectivity index (χ0n) is 14.0. The lowest BCUT2D eigenvalue weighted by atomic mass is 10.2. The number of aldehydes is 1. The fourth-order valence-corrected chi connectivity index (χ4v) is 2.00. The van der Waals surface area contributed by atoms with E-state index in [0.717, 1.165) is 11.8 Å². The fraction of sp³-hybridized carbons (Fsp3) is 0.263. The molecular weight excluding hydrogens is 306 g/mol. The van der Waals surface area contributed by atoms with Crippen molar-refractivity contribution in [1.82, 2.24) is 0 Å². The number of rotatable bonds is 5. The third-order valence-electron chi connectivity index (χ3n) is 2.97. The minimum Gasteiger partial charge on any atom is -0.489 e. The Bertz CT molecular complexity index is 719. The van der Waals surface area contributed by atoms with Crippen molar-refractivity contribution in [3.05, 3.63) is 59.7 Å². The second kappa shape index (κ2) is 7.64. The van der Waals surface area contributed by atoms with Crippen LogP contribution in [0.4, 0.5) is 10.5 Å². The lowest BCUT2D eigenvalue weighted by molar-refractivity contribution is 0.0636. The molecule has 2 aromatic rings. The summed E-state index contributed by atoms with van der Waals surface area (Å²) >= 11 is 0. The lowest BCUT2D eigenvalue weighted by Gasteiger charge is -2.19. The minimum absolute atomic E-state index is 0.326. The Balaban J connectivity index is 1.97. The molecule has 0 atom stereocenters. The van der Waals surface area contributed by atoms with Crippen molar-refractivity contribution >= 4 is 18.1 Å². The van der Waals surface area contributed by atoms with Gasteiger partial charge in [-0.15, -0.1) is 0 Å². The highest BCUT2D eigenvalue weighted by atomic mass is 16.6. The van der Waals surface area contributed by atoms with E-state index < -0.39 is 11.7 Å². The van der Waals surface area contributed by atoms with Crippen molar-refractivity contribution in [3.8, 4) is 5.75 Å². The minimum atomic E-state index is -0.547. The topological polar surface area (TPSA) is 64.6 Å². The Labute approximate surface area is 141 Å². The monoisotopic (exact) mass is 327 g/mol. The Morgan fingerprint density at radius 1 is 1.12 bits per heavy atom. The van der Waals surface area contributed by atoms with Gasteiger partial charge in [-0.25, -0.2) is 4.79 Å². The van der Waals surface area contributed by atoms with Crippen LogP contribution in [-0.4, -0.2) is 18.0 Å². The van der Waals surface area contributed by atoms with Crippen LogP contribution in [0.3, 0.4) is 0 Å². The van der Waals surface area contributed by atoms with Crippen LogP contribution in [0.25, 0.3) is 0 Å². The van der Waals surface area contributed by atoms with Gasteiger partial charge in [-0.05, 0) is 50.6 Å². The molecule has 5 heteroatoms. The van der Waals surface area contributed by atoms with Crippen LogP contribution < -0.4 is 10.1 Å². The number of ether oxygens (including phenoxy) is 2. The summed E-state index contributed by atoms with van der Waals surface area (Å²) in [4.78, 5) is 22.6. The SMILES string of the molecule is CC(C)(C)OC(=O)Nc1cccc(COc2cccc(C=O)c2)c1. The molecule has 1 N–H and O–H groups in total. The zero-order chi connectivity index (χ0) is 17.6. The van der Waals surface area contributed by atoms with E-state index in [1.807, 2.05) is 39.0 Å². The van der Waals surface area contributed by atoms with E-state index in [0.29, 0.717) is 23.6 Å². The molecule has 1 amide bonds. The number of carbonyl (C=O) groups excluding carboxylic acids is 2. The summed E-state index contributed by atoms with van der Waals surface area (Å²) in [5.41, 5.74) is 1.54. The standard InChI is InChI=1S/C19H21NO4/c1-19(2,3)24-18(22)20-16-8-4-7-15(10-16)13-23-17-9-5-6-14(11-17)12-21/h4-12H,13H2,1-3H3,(H,20,22). The van der Waals surface area contributed by atoms with Gasteiger partial charge in [0.2, 0.25) is 0 Å². The lowest BCUT2D eigenvalue weighted by Crippen LogP contribution is -2.27. The Morgan fingerprint density at radius 3 is 2.58 bits per heavy atom. The zero-order valence-corrected chi connectivity index (χ0v) is 14.0. The van der Waals surface area contributed by atoms with Crippen LogP contribution in [0.2, 0.25) is 0 Å². The molecule has 0 unspecified atom stereocenters. The molecule has 0 aromatic heterocycles. The largest absolute Gasteiger partial charge is 0.489 e. The van der Waals surface area contributed by atoms with Gasteiger partial charge in [-0.3, -0.25) is 10.1 Å². The molecule has 0 saturated carbocycles. The van der Waals surface area contributed by atoms with E-state index in [4.69, 9.17) is 9.47 Å². The summed E-state index contributed by atoms with van der Waals surface area (Å²) in [5.74, 6) is 0.616. The van der Waals surface area contributed by atoms with Crippen LogP contribution >= 0.6 is 0 Å². The summed E-state index contributed by atoms with van der Waals surface area (Å²) in [6, 6.07) is 14.3. The number of nitrogens with one attached hydrogen (secondary N) is 1. The maximum Gasteiger partial charge on any atom is 0.412 e. The molecule has 0 radical (unpaired) electrons. The molecule has 2 rings (SSSR count). The summed E-state index contributed by atoms with van der Waals surface area (Å²) in [7, 11) is 0. The Hall–Kier alpha value is -2.82. The van der Waals surface area contributed by atoms with Gasteiger partial charge in [0, 0.05) is 11.3 Å². The molecule has 126 valence electrons. The fourth-order valence-electron chi connectivity index (χ4n) is 2.00. The smallest absolute Gasteiger partial charge is 0.412 e. The predicted octanol–water partition coefficient (Wildman–Crippen LogP) is 4.43. The van der Waals surface area contributed by atoms with Gasteiger partial charge in [-0.2, -0.15) is 0 Å². The number of anilines is 1. The van der Waals surface area contributed by atoms with Crippen molar-refractivity contribution < 1.29 is 19.1 Å². The van der Waals surface area contributed by atoms with Crippen LogP contribution in [0.15, 0.2) is 48.5 Å². The maximum atomic E-state index is 11.8. The quantitative estimate of drug-likeness (QED) is 0.825. The highest BCUT2D eigenvalue weighted by Crippen LogP contribution is 2.17. The van der Waals surface area contributed by atoms with Gasteiger partial charge in [-0.1, -0.05) is 24.3 Å². The summed E-state index contributed by atoms with van der Waals surface area (Å²) in [5, 5.41) is 2.69. The Morgan fingerprint density at radius 2 is 1.88 bits per heavy atom. The van der Waals surface area contributed by atoms with Crippen molar-refractivity contribution in [1.29, 1.82) is 0 Å². The van der Waals surface area contributed by atoms with Crippen molar-refractivity contribution in [2.24, 2.45) is 0 Å². The van der Waals surface area contributed by atoms with Gasteiger partial charge in [0.05, 0.1) is 0 Å². The summed E-state index contributed by atoms with van der Waals surface area (Å²) in [6.07, 6.45) is 0.275. The number of hydrogen-bond acceptors (Lipinski definition) is 4. The van der Waals surface area contributed by atoms with E-state index >= 15 is 0 Å². The molecule has 24 heavy (non-hydrogen) atoms. The first-order valence-electron chi connectivity index (χ1n) is 7.63. The second-order valence-electron chi connectivity index (χ2n) is 6.31. The van der Waals surface area contributed by atoms with E-state index in [9.17, 15) is 9.59 Å². The highest BCUT2D eigenvalue weighted by Gasteiger charge is 2.16. The molecule has 0 spiro atoms. The van der Waals surface area contributed by atoms with Crippen LogP contribution in [0, 0.1) is 0 Å². The number of hydrogen-bond donors (Lipinski definition) is 1. The number of carbonyl (C=O) groups is 2. The molecule has 0 fully saturated rings. The third kappa shape index (κ3) is 5.76. The van der Waals surface area contributed by atoms with Gasteiger partial charge < -0.3 is 9.47 Å². The molecule has 0 heterocycles. The van der Waals surface area contributed by atoms with Gasteiger partial charge in [0.15, 0.2) is 0 Å². The van der Waals surface area contributed by atoms with Crippen LogP contribution in [0.1, 0.15) is 36.7 Å². The van der Waals surface area contributed by atoms with E-state index in [1.54, 1.807) is 30.3 Å². The van der Waals surface area contributed by atoms with E-state index in [2.05, 4.69) is 5.32 Å². The van der Waals surface area contributed by atoms with Crippen molar-refractivity contribution in [2.75, 3.05) is 5.32 Å². The normalized spacial score (nSPS) is 10.8. The average molecular weight is 327 g/mol. The van der Waals surface area contributed by atoms with Gasteiger partial charge in [0.25, 0.3) is 0 Å². The molecule has 5 nitrogen and oxygen atoms in total. The number of benzene rings is 2. The first-order valence-corrected chi connectivity index (χ1v) is 7.63. The van der Waals surface area contributed by atoms with Gasteiger partial charge in [0.1, 0.15) is 24.2 Å². The van der Waals surface area contributed by atoms with Crippen molar-refractivity contribution in [2.45, 2.75) is 33.0 Å². The first-order chi connectivity index (χ1) is 11.4. The molecule has 0 aliphatic heterocycles. The van der Waals surface area contributed by atoms with Gasteiger partial charge >= 0.3 is 6.09 Å². The average Bonchev–Trinajstić information content (AvgIpc) is 2.51. The molecule has 0 aliphatic rings. The van der Waals surface area contributed by atoms with Crippen LogP contribution in [-0.2, 0) is 11.3 Å². The highest BCUT2D eigenvalue weighted by molar-refractivity contribution is 5.84. The molecular formula is C19H21NO4. The molecule has 0 saturated heterocycles. The third-order valence-corrected chi connectivity index (χ3v) is 2.97. The summed E-state index contributed by atoms with van der Waals surface area (Å²) in [6.45, 7) is 5.75. The van der Waals surface area contributed by atoms with Crippen molar-refractivity contribution in [3.63, 3.8) is 0 Å². The maximum absolute atomic E-state index is 11.8. The van der Waals surface area contributed by atoms with Crippen LogP contribution in [0.5, 0.6) is 5.75 Å². The summed E-state index contributed by atoms with van der Waals surface area (Å²) < 4.78 is 10.9. The first kappa shape index (κ1) is 17.5.